The molecule has 1 heterocycles. The molecule has 1 unspecified atom stereocenters. The molecule has 1 aromatic carbocycles. The maximum absolute atomic E-state index is 6.23. The zero-order valence-corrected chi connectivity index (χ0v) is 9.68. The molecule has 1 N–H and O–H groups in total. The Morgan fingerprint density at radius 3 is 2.93 bits per heavy atom. The van der Waals surface area contributed by atoms with Crippen molar-refractivity contribution in [2.45, 2.75) is 18.8 Å². The monoisotopic (exact) mass is 225 g/mol. The van der Waals surface area contributed by atoms with Crippen LogP contribution in [0, 0.1) is 0 Å². The molecule has 0 aliphatic carbocycles. The molecule has 0 saturated carbocycles. The smallest absolute Gasteiger partial charge is 0.120 e. The Kier molecular flexibility index (Phi) is 3.49. The van der Waals surface area contributed by atoms with Crippen LogP contribution < -0.4 is 10.1 Å². The van der Waals surface area contributed by atoms with Crippen molar-refractivity contribution in [3.05, 3.63) is 28.8 Å². The van der Waals surface area contributed by atoms with Crippen LogP contribution in [0.2, 0.25) is 5.02 Å². The summed E-state index contributed by atoms with van der Waals surface area (Å²) in [4.78, 5) is 0. The molecule has 1 fully saturated rings. The van der Waals surface area contributed by atoms with Crippen LogP contribution in [-0.2, 0) is 0 Å². The lowest BCUT2D eigenvalue weighted by atomic mass is 9.91. The van der Waals surface area contributed by atoms with Crippen molar-refractivity contribution in [3.8, 4) is 5.75 Å². The van der Waals surface area contributed by atoms with E-state index in [1.807, 2.05) is 12.1 Å². The van der Waals surface area contributed by atoms with E-state index >= 15 is 0 Å². The van der Waals surface area contributed by atoms with E-state index in [1.54, 1.807) is 7.11 Å². The van der Waals surface area contributed by atoms with E-state index in [1.165, 1.54) is 18.4 Å². The largest absolute Gasteiger partial charge is 0.497 e. The van der Waals surface area contributed by atoms with E-state index < -0.39 is 0 Å². The van der Waals surface area contributed by atoms with Crippen molar-refractivity contribution in [2.24, 2.45) is 0 Å². The molecule has 1 aliphatic heterocycles. The maximum Gasteiger partial charge on any atom is 0.120 e. The zero-order valence-electron chi connectivity index (χ0n) is 8.92. The molecule has 1 saturated heterocycles. The van der Waals surface area contributed by atoms with E-state index in [-0.39, 0.29) is 0 Å². The third-order valence-electron chi connectivity index (χ3n) is 2.94. The lowest BCUT2D eigenvalue weighted by Gasteiger charge is -2.24. The van der Waals surface area contributed by atoms with Crippen LogP contribution in [0.5, 0.6) is 5.75 Å². The average molecular weight is 226 g/mol. The number of hydrogen-bond acceptors (Lipinski definition) is 2. The number of ether oxygens (including phenoxy) is 1. The standard InChI is InChI=1S/C12H16ClNO/c1-15-10-4-5-11(12(13)7-10)9-3-2-6-14-8-9/h4-5,7,9,14H,2-3,6,8H2,1H3. The number of methoxy groups -OCH3 is 1. The van der Waals surface area contributed by atoms with Crippen molar-refractivity contribution in [3.63, 3.8) is 0 Å². The molecule has 1 atom stereocenters. The van der Waals surface area contributed by atoms with Crippen molar-refractivity contribution in [1.82, 2.24) is 5.32 Å². The second kappa shape index (κ2) is 4.86. The molecule has 0 amide bonds. The van der Waals surface area contributed by atoms with Crippen LogP contribution >= 0.6 is 11.6 Å². The average Bonchev–Trinajstić information content (AvgIpc) is 2.30. The number of rotatable bonds is 2. The van der Waals surface area contributed by atoms with Gasteiger partial charge in [-0.05, 0) is 43.0 Å². The number of nitrogens with one attached hydrogen (secondary N) is 1. The molecule has 0 radical (unpaired) electrons. The third kappa shape index (κ3) is 2.44. The van der Waals surface area contributed by atoms with Crippen LogP contribution in [0.25, 0.3) is 0 Å². The van der Waals surface area contributed by atoms with Crippen LogP contribution in [0.1, 0.15) is 24.3 Å². The summed E-state index contributed by atoms with van der Waals surface area (Å²) in [6, 6.07) is 5.96. The van der Waals surface area contributed by atoms with Gasteiger partial charge in [-0.1, -0.05) is 17.7 Å². The van der Waals surface area contributed by atoms with Gasteiger partial charge in [0.15, 0.2) is 0 Å². The second-order valence-corrected chi connectivity index (χ2v) is 4.34. The van der Waals surface area contributed by atoms with Gasteiger partial charge in [-0.3, -0.25) is 0 Å². The fraction of sp³-hybridized carbons (Fsp3) is 0.500. The Labute approximate surface area is 95.6 Å². The van der Waals surface area contributed by atoms with Crippen LogP contribution in [0.15, 0.2) is 18.2 Å². The minimum absolute atomic E-state index is 0.553. The molecule has 0 bridgehead atoms. The molecule has 1 aliphatic rings. The highest BCUT2D eigenvalue weighted by atomic mass is 35.5. The second-order valence-electron chi connectivity index (χ2n) is 3.93. The van der Waals surface area contributed by atoms with Gasteiger partial charge in [-0.15, -0.1) is 0 Å². The van der Waals surface area contributed by atoms with E-state index in [2.05, 4.69) is 11.4 Å². The predicted octanol–water partition coefficient (Wildman–Crippen LogP) is 2.82. The molecule has 3 heteroatoms. The van der Waals surface area contributed by atoms with Gasteiger partial charge in [-0.25, -0.2) is 0 Å². The maximum atomic E-state index is 6.23. The van der Waals surface area contributed by atoms with E-state index in [0.717, 1.165) is 23.9 Å². The van der Waals surface area contributed by atoms with Crippen LogP contribution in [-0.4, -0.2) is 20.2 Å². The Morgan fingerprint density at radius 2 is 2.33 bits per heavy atom. The van der Waals surface area contributed by atoms with Gasteiger partial charge in [-0.2, -0.15) is 0 Å². The summed E-state index contributed by atoms with van der Waals surface area (Å²) >= 11 is 6.23. The van der Waals surface area contributed by atoms with Crippen molar-refractivity contribution in [2.75, 3.05) is 20.2 Å². The summed E-state index contributed by atoms with van der Waals surface area (Å²) in [6.07, 6.45) is 2.45. The lowest BCUT2D eigenvalue weighted by molar-refractivity contribution is 0.414. The first-order chi connectivity index (χ1) is 7.31. The van der Waals surface area contributed by atoms with Crippen LogP contribution in [0.4, 0.5) is 0 Å². The Balaban J connectivity index is 2.19. The first-order valence-electron chi connectivity index (χ1n) is 5.35. The lowest BCUT2D eigenvalue weighted by Crippen LogP contribution is -2.28. The number of hydrogen-bond donors (Lipinski definition) is 1. The Bertz CT molecular complexity index is 334. The molecular weight excluding hydrogens is 210 g/mol. The van der Waals surface area contributed by atoms with Gasteiger partial charge in [0.25, 0.3) is 0 Å². The van der Waals surface area contributed by atoms with E-state index in [0.29, 0.717) is 5.92 Å². The summed E-state index contributed by atoms with van der Waals surface area (Å²) < 4.78 is 5.14. The van der Waals surface area contributed by atoms with Gasteiger partial charge in [0.1, 0.15) is 5.75 Å². The summed E-state index contributed by atoms with van der Waals surface area (Å²) in [6.45, 7) is 2.16. The van der Waals surface area contributed by atoms with Gasteiger partial charge in [0.2, 0.25) is 0 Å². The highest BCUT2D eigenvalue weighted by Gasteiger charge is 2.17. The van der Waals surface area contributed by atoms with E-state index in [4.69, 9.17) is 16.3 Å². The highest BCUT2D eigenvalue weighted by molar-refractivity contribution is 6.31. The Morgan fingerprint density at radius 1 is 1.47 bits per heavy atom. The minimum atomic E-state index is 0.553. The number of halogens is 1. The highest BCUT2D eigenvalue weighted by Crippen LogP contribution is 2.31. The molecule has 1 aromatic rings. The van der Waals surface area contributed by atoms with Crippen molar-refractivity contribution >= 4 is 11.6 Å². The molecule has 82 valence electrons. The summed E-state index contributed by atoms with van der Waals surface area (Å²) in [5.74, 6) is 1.38. The molecule has 0 aromatic heterocycles. The zero-order chi connectivity index (χ0) is 10.7. The molecule has 2 rings (SSSR count). The van der Waals surface area contributed by atoms with Gasteiger partial charge in [0.05, 0.1) is 7.11 Å². The molecular formula is C12H16ClNO. The first-order valence-corrected chi connectivity index (χ1v) is 5.73. The van der Waals surface area contributed by atoms with Gasteiger partial charge < -0.3 is 10.1 Å². The van der Waals surface area contributed by atoms with E-state index in [9.17, 15) is 0 Å². The number of benzene rings is 1. The summed E-state index contributed by atoms with van der Waals surface area (Å²) in [5, 5.41) is 4.22. The fourth-order valence-electron chi connectivity index (χ4n) is 2.08. The minimum Gasteiger partial charge on any atom is -0.497 e. The summed E-state index contributed by atoms with van der Waals surface area (Å²) in [5.41, 5.74) is 1.24. The normalized spacial score (nSPS) is 21.3. The number of piperidine rings is 1. The van der Waals surface area contributed by atoms with Crippen molar-refractivity contribution in [1.29, 1.82) is 0 Å². The van der Waals surface area contributed by atoms with Crippen LogP contribution in [0.3, 0.4) is 0 Å². The Hall–Kier alpha value is -0.730. The quantitative estimate of drug-likeness (QED) is 0.836. The molecule has 2 nitrogen and oxygen atoms in total. The summed E-state index contributed by atoms with van der Waals surface area (Å²) in [7, 11) is 1.66. The van der Waals surface area contributed by atoms with Crippen molar-refractivity contribution < 1.29 is 4.74 Å². The third-order valence-corrected chi connectivity index (χ3v) is 3.27. The SMILES string of the molecule is COc1ccc(C2CCCNC2)c(Cl)c1. The topological polar surface area (TPSA) is 21.3 Å². The molecule has 15 heavy (non-hydrogen) atoms. The van der Waals surface area contributed by atoms with Gasteiger partial charge >= 0.3 is 0 Å². The first kappa shape index (κ1) is 10.8. The fourth-order valence-corrected chi connectivity index (χ4v) is 2.41. The molecule has 0 spiro atoms. The van der Waals surface area contributed by atoms with Gasteiger partial charge in [0, 0.05) is 11.6 Å². The predicted molar refractivity (Wildman–Crippen MR) is 62.8 cm³/mol.